The monoisotopic (exact) mass is 472 g/mol. The molecule has 10 heteroatoms. The molecule has 3 N–H and O–H groups in total. The van der Waals surface area contributed by atoms with Gasteiger partial charge in [0.25, 0.3) is 0 Å². The van der Waals surface area contributed by atoms with Crippen molar-refractivity contribution in [2.45, 2.75) is 25.0 Å². The van der Waals surface area contributed by atoms with Gasteiger partial charge < -0.3 is 15.4 Å². The first kappa shape index (κ1) is 26.1. The van der Waals surface area contributed by atoms with Crippen molar-refractivity contribution >= 4 is 42.9 Å². The maximum Gasteiger partial charge on any atom is 0.181 e. The predicted molar refractivity (Wildman–Crippen MR) is 126 cm³/mol. The molecule has 30 heavy (non-hydrogen) atoms. The van der Waals surface area contributed by atoms with Gasteiger partial charge in [0.15, 0.2) is 5.82 Å². The molecule has 1 aliphatic rings. The minimum atomic E-state index is -0.0307. The molecule has 0 bridgehead atoms. The molecule has 4 rings (SSSR count). The normalized spacial score (nSPS) is 15.9. The Balaban J connectivity index is 0.00000150. The van der Waals surface area contributed by atoms with E-state index in [0.717, 1.165) is 49.6 Å². The summed E-state index contributed by atoms with van der Waals surface area (Å²) in [5.74, 6) is 1.47. The lowest BCUT2D eigenvalue weighted by molar-refractivity contribution is 0.110. The fourth-order valence-electron chi connectivity index (χ4n) is 3.21. The number of aromatic amines is 1. The van der Waals surface area contributed by atoms with Gasteiger partial charge in [0, 0.05) is 43.3 Å². The first-order valence-corrected chi connectivity index (χ1v) is 9.35. The molecule has 0 saturated carbocycles. The molecule has 0 radical (unpaired) electrons. The van der Waals surface area contributed by atoms with Gasteiger partial charge in [-0.05, 0) is 37.1 Å². The molecule has 0 amide bonds. The summed E-state index contributed by atoms with van der Waals surface area (Å²) in [7, 11) is 0. The van der Waals surface area contributed by atoms with Crippen molar-refractivity contribution in [2.75, 3.05) is 25.0 Å². The standard InChI is InChI=1S/C20H24N6O.3ClH/c1-2-5-16(6-3-1)23-18(14-22-13-17-7-4-12-27-17)20-24-19(25-26-20)15-8-10-21-11-9-15;;;/h1-3,5-6,8-11,17-18,22-23H,4,7,12-14H2,(H,24,25,26);3*1H/t17-,18?;;;/m0.../s1. The topological polar surface area (TPSA) is 87.8 Å². The summed E-state index contributed by atoms with van der Waals surface area (Å²) in [6.07, 6.45) is 6.07. The second-order valence-electron chi connectivity index (χ2n) is 6.64. The Morgan fingerprint density at radius 3 is 2.53 bits per heavy atom. The summed E-state index contributed by atoms with van der Waals surface area (Å²) < 4.78 is 5.70. The van der Waals surface area contributed by atoms with Crippen molar-refractivity contribution < 1.29 is 4.74 Å². The Bertz CT molecular complexity index is 831. The van der Waals surface area contributed by atoms with Crippen LogP contribution in [-0.4, -0.2) is 46.0 Å². The lowest BCUT2D eigenvalue weighted by Gasteiger charge is -2.19. The summed E-state index contributed by atoms with van der Waals surface area (Å²) >= 11 is 0. The zero-order valence-electron chi connectivity index (χ0n) is 16.4. The third-order valence-electron chi connectivity index (χ3n) is 4.63. The van der Waals surface area contributed by atoms with Crippen LogP contribution in [0.5, 0.6) is 0 Å². The van der Waals surface area contributed by atoms with Crippen LogP contribution in [0.25, 0.3) is 11.4 Å². The third kappa shape index (κ3) is 7.11. The Morgan fingerprint density at radius 1 is 1.07 bits per heavy atom. The predicted octanol–water partition coefficient (Wildman–Crippen LogP) is 4.05. The number of anilines is 1. The molecular formula is C20H27Cl3N6O. The molecule has 1 aliphatic heterocycles. The Hall–Kier alpha value is -1.90. The largest absolute Gasteiger partial charge is 0.377 e. The van der Waals surface area contributed by atoms with Crippen LogP contribution in [0.2, 0.25) is 0 Å². The van der Waals surface area contributed by atoms with Gasteiger partial charge in [0.05, 0.1) is 12.1 Å². The van der Waals surface area contributed by atoms with Crippen molar-refractivity contribution in [1.82, 2.24) is 25.5 Å². The number of rotatable bonds is 8. The maximum atomic E-state index is 5.70. The van der Waals surface area contributed by atoms with Crippen molar-refractivity contribution in [3.8, 4) is 11.4 Å². The smallest absolute Gasteiger partial charge is 0.181 e. The summed E-state index contributed by atoms with van der Waals surface area (Å²) in [6.45, 7) is 2.44. The number of aromatic nitrogens is 4. The molecule has 0 spiro atoms. The van der Waals surface area contributed by atoms with E-state index in [1.807, 2.05) is 42.5 Å². The van der Waals surface area contributed by atoms with E-state index in [1.165, 1.54) is 0 Å². The Kier molecular flexibility index (Phi) is 11.7. The number of nitrogens with one attached hydrogen (secondary N) is 3. The summed E-state index contributed by atoms with van der Waals surface area (Å²) in [5.41, 5.74) is 1.99. The van der Waals surface area contributed by atoms with Crippen molar-refractivity contribution in [2.24, 2.45) is 0 Å². The highest BCUT2D eigenvalue weighted by molar-refractivity contribution is 5.86. The van der Waals surface area contributed by atoms with Crippen LogP contribution in [0, 0.1) is 0 Å². The van der Waals surface area contributed by atoms with Crippen LogP contribution in [0.4, 0.5) is 5.69 Å². The summed E-state index contributed by atoms with van der Waals surface area (Å²) in [4.78, 5) is 8.75. The van der Waals surface area contributed by atoms with Gasteiger partial charge in [-0.2, -0.15) is 5.10 Å². The molecule has 3 aromatic rings. The Labute approximate surface area is 195 Å². The molecule has 1 saturated heterocycles. The van der Waals surface area contributed by atoms with E-state index in [9.17, 15) is 0 Å². The first-order valence-electron chi connectivity index (χ1n) is 9.35. The number of para-hydroxylation sites is 1. The highest BCUT2D eigenvalue weighted by atomic mass is 35.5. The maximum absolute atomic E-state index is 5.70. The fraction of sp³-hybridized carbons (Fsp3) is 0.350. The quantitative estimate of drug-likeness (QED) is 0.457. The van der Waals surface area contributed by atoms with Crippen LogP contribution in [-0.2, 0) is 4.74 Å². The minimum absolute atomic E-state index is 0. The molecule has 3 heterocycles. The van der Waals surface area contributed by atoms with Gasteiger partial charge in [-0.15, -0.1) is 37.2 Å². The van der Waals surface area contributed by atoms with Gasteiger partial charge in [0.2, 0.25) is 0 Å². The van der Waals surface area contributed by atoms with Crippen LogP contribution in [0.3, 0.4) is 0 Å². The number of hydrogen-bond donors (Lipinski definition) is 3. The molecule has 2 atom stereocenters. The van der Waals surface area contributed by atoms with Crippen LogP contribution < -0.4 is 10.6 Å². The third-order valence-corrected chi connectivity index (χ3v) is 4.63. The van der Waals surface area contributed by atoms with Crippen LogP contribution >= 0.6 is 37.2 Å². The SMILES string of the molecule is Cl.Cl.Cl.c1ccc(NC(CNC[C@@H]2CCCO2)c2nc(-c3ccncc3)n[nH]2)cc1. The summed E-state index contributed by atoms with van der Waals surface area (Å²) in [5, 5.41) is 14.5. The molecule has 164 valence electrons. The first-order chi connectivity index (χ1) is 13.4. The Morgan fingerprint density at radius 2 is 1.83 bits per heavy atom. The average molecular weight is 474 g/mol. The van der Waals surface area contributed by atoms with Crippen LogP contribution in [0.1, 0.15) is 24.7 Å². The van der Waals surface area contributed by atoms with Gasteiger partial charge in [0.1, 0.15) is 5.82 Å². The van der Waals surface area contributed by atoms with E-state index in [4.69, 9.17) is 9.72 Å². The lowest BCUT2D eigenvalue weighted by atomic mass is 10.2. The molecule has 1 unspecified atom stereocenters. The van der Waals surface area contributed by atoms with Gasteiger partial charge >= 0.3 is 0 Å². The second-order valence-corrected chi connectivity index (χ2v) is 6.64. The van der Waals surface area contributed by atoms with Crippen molar-refractivity contribution in [3.63, 3.8) is 0 Å². The van der Waals surface area contributed by atoms with E-state index in [1.54, 1.807) is 12.4 Å². The summed E-state index contributed by atoms with van der Waals surface area (Å²) in [6, 6.07) is 13.9. The number of pyridine rings is 1. The number of nitrogens with zero attached hydrogens (tertiary/aromatic N) is 3. The zero-order chi connectivity index (χ0) is 18.3. The number of ether oxygens (including phenoxy) is 1. The number of hydrogen-bond acceptors (Lipinski definition) is 6. The van der Waals surface area contributed by atoms with Gasteiger partial charge in [-0.3, -0.25) is 10.1 Å². The molecule has 1 fully saturated rings. The highest BCUT2D eigenvalue weighted by Crippen LogP contribution is 2.20. The molecule has 1 aromatic carbocycles. The highest BCUT2D eigenvalue weighted by Gasteiger charge is 2.19. The fourth-order valence-corrected chi connectivity index (χ4v) is 3.21. The van der Waals surface area contributed by atoms with E-state index >= 15 is 0 Å². The molecule has 2 aromatic heterocycles. The van der Waals surface area contributed by atoms with Gasteiger partial charge in [-0.1, -0.05) is 18.2 Å². The lowest BCUT2D eigenvalue weighted by Crippen LogP contribution is -2.32. The zero-order valence-corrected chi connectivity index (χ0v) is 18.8. The molecular weight excluding hydrogens is 447 g/mol. The molecule has 0 aliphatic carbocycles. The van der Waals surface area contributed by atoms with Crippen molar-refractivity contribution in [1.29, 1.82) is 0 Å². The van der Waals surface area contributed by atoms with Gasteiger partial charge in [-0.25, -0.2) is 4.98 Å². The molecule has 7 nitrogen and oxygen atoms in total. The average Bonchev–Trinajstić information content (AvgIpc) is 3.41. The number of halogens is 3. The van der Waals surface area contributed by atoms with E-state index in [-0.39, 0.29) is 43.3 Å². The van der Waals surface area contributed by atoms with E-state index in [0.29, 0.717) is 11.9 Å². The van der Waals surface area contributed by atoms with E-state index < -0.39 is 0 Å². The minimum Gasteiger partial charge on any atom is -0.377 e. The van der Waals surface area contributed by atoms with E-state index in [2.05, 4.69) is 25.8 Å². The van der Waals surface area contributed by atoms with Crippen LogP contribution in [0.15, 0.2) is 54.9 Å². The second kappa shape index (κ2) is 13.4. The number of benzene rings is 1. The number of H-pyrrole nitrogens is 1. The van der Waals surface area contributed by atoms with Crippen molar-refractivity contribution in [3.05, 3.63) is 60.7 Å².